The Balaban J connectivity index is 2.24. The first-order chi connectivity index (χ1) is 11.6. The maximum Gasteiger partial charge on any atom is 0.303 e. The van der Waals surface area contributed by atoms with Crippen molar-refractivity contribution in [3.05, 3.63) is 59.7 Å². The molecular weight excluding hydrogens is 338 g/mol. The van der Waals surface area contributed by atoms with Crippen molar-refractivity contribution < 1.29 is 18.3 Å². The van der Waals surface area contributed by atoms with Gasteiger partial charge in [0.05, 0.1) is 10.6 Å². The average molecular weight is 361 g/mol. The molecule has 0 bridgehead atoms. The summed E-state index contributed by atoms with van der Waals surface area (Å²) in [6.45, 7) is 6.08. The second-order valence-corrected chi connectivity index (χ2v) is 8.62. The van der Waals surface area contributed by atoms with E-state index in [1.54, 1.807) is 24.3 Å². The Hall–Kier alpha value is -2.34. The number of hydrogen-bond acceptors (Lipinski definition) is 3. The lowest BCUT2D eigenvalue weighted by atomic mass is 9.86. The SMILES string of the molecule is CC(C)(C)c1ccccc1NS(=O)(=O)c1ccc(CCC(=O)O)cc1. The van der Waals surface area contributed by atoms with Gasteiger partial charge in [-0.25, -0.2) is 8.42 Å². The van der Waals surface area contributed by atoms with Gasteiger partial charge in [-0.1, -0.05) is 51.1 Å². The quantitative estimate of drug-likeness (QED) is 0.820. The fraction of sp³-hybridized carbons (Fsp3) is 0.316. The number of rotatable bonds is 6. The first kappa shape index (κ1) is 19.0. The van der Waals surface area contributed by atoms with Crippen LogP contribution >= 0.6 is 0 Å². The summed E-state index contributed by atoms with van der Waals surface area (Å²) in [6.07, 6.45) is 0.388. The molecule has 0 aliphatic heterocycles. The van der Waals surface area contributed by atoms with Gasteiger partial charge in [0.1, 0.15) is 0 Å². The maximum atomic E-state index is 12.7. The molecule has 0 radical (unpaired) electrons. The lowest BCUT2D eigenvalue weighted by molar-refractivity contribution is -0.136. The number of anilines is 1. The lowest BCUT2D eigenvalue weighted by Crippen LogP contribution is -2.19. The number of benzene rings is 2. The number of hydrogen-bond donors (Lipinski definition) is 2. The van der Waals surface area contributed by atoms with Crippen molar-refractivity contribution in [1.82, 2.24) is 0 Å². The van der Waals surface area contributed by atoms with Crippen LogP contribution in [0.25, 0.3) is 0 Å². The van der Waals surface area contributed by atoms with Crippen LogP contribution < -0.4 is 4.72 Å². The van der Waals surface area contributed by atoms with Gasteiger partial charge in [0.25, 0.3) is 10.0 Å². The van der Waals surface area contributed by atoms with Crippen LogP contribution in [-0.4, -0.2) is 19.5 Å². The summed E-state index contributed by atoms with van der Waals surface area (Å²) in [6, 6.07) is 13.6. The first-order valence-corrected chi connectivity index (χ1v) is 9.51. The summed E-state index contributed by atoms with van der Waals surface area (Å²) in [5.74, 6) is -0.878. The van der Waals surface area contributed by atoms with Crippen molar-refractivity contribution in [1.29, 1.82) is 0 Å². The Morgan fingerprint density at radius 1 is 1.04 bits per heavy atom. The molecule has 0 atom stereocenters. The number of carboxylic acids is 1. The number of aliphatic carboxylic acids is 1. The van der Waals surface area contributed by atoms with Gasteiger partial charge in [0.15, 0.2) is 0 Å². The number of sulfonamides is 1. The molecule has 2 N–H and O–H groups in total. The zero-order chi connectivity index (χ0) is 18.7. The van der Waals surface area contributed by atoms with Gasteiger partial charge < -0.3 is 5.11 Å². The highest BCUT2D eigenvalue weighted by molar-refractivity contribution is 7.92. The standard InChI is InChI=1S/C19H23NO4S/c1-19(2,3)16-6-4-5-7-17(16)20-25(23,24)15-11-8-14(9-12-15)10-13-18(21)22/h4-9,11-12,20H,10,13H2,1-3H3,(H,21,22). The van der Waals surface area contributed by atoms with E-state index < -0.39 is 16.0 Å². The van der Waals surface area contributed by atoms with Gasteiger partial charge in [-0.05, 0) is 41.2 Å². The molecule has 6 heteroatoms. The predicted octanol–water partition coefficient (Wildman–Crippen LogP) is 3.80. The molecule has 0 amide bonds. The first-order valence-electron chi connectivity index (χ1n) is 8.03. The maximum absolute atomic E-state index is 12.7. The van der Waals surface area contributed by atoms with Crippen molar-refractivity contribution >= 4 is 21.7 Å². The second-order valence-electron chi connectivity index (χ2n) is 6.94. The van der Waals surface area contributed by atoms with Gasteiger partial charge in [-0.15, -0.1) is 0 Å². The van der Waals surface area contributed by atoms with Crippen LogP contribution in [0.4, 0.5) is 5.69 Å². The Bertz CT molecular complexity index is 850. The van der Waals surface area contributed by atoms with E-state index >= 15 is 0 Å². The Labute approximate surface area is 148 Å². The summed E-state index contributed by atoms with van der Waals surface area (Å²) in [5, 5.41) is 8.71. The zero-order valence-electron chi connectivity index (χ0n) is 14.6. The van der Waals surface area contributed by atoms with Crippen LogP contribution in [0.1, 0.15) is 38.3 Å². The highest BCUT2D eigenvalue weighted by atomic mass is 32.2. The minimum Gasteiger partial charge on any atom is -0.481 e. The van der Waals surface area contributed by atoms with Crippen LogP contribution in [0.15, 0.2) is 53.4 Å². The number of para-hydroxylation sites is 1. The number of carbonyl (C=O) groups is 1. The molecule has 5 nitrogen and oxygen atoms in total. The summed E-state index contributed by atoms with van der Waals surface area (Å²) in [5.41, 5.74) is 2.07. The highest BCUT2D eigenvalue weighted by Crippen LogP contribution is 2.30. The third-order valence-electron chi connectivity index (χ3n) is 3.84. The molecule has 0 spiro atoms. The van der Waals surface area contributed by atoms with Crippen molar-refractivity contribution in [2.24, 2.45) is 0 Å². The molecule has 0 aliphatic rings. The minimum atomic E-state index is -3.71. The smallest absolute Gasteiger partial charge is 0.303 e. The van der Waals surface area contributed by atoms with E-state index in [1.165, 1.54) is 12.1 Å². The second kappa shape index (κ2) is 7.27. The predicted molar refractivity (Wildman–Crippen MR) is 98.3 cm³/mol. The molecule has 2 rings (SSSR count). The van der Waals surface area contributed by atoms with E-state index in [0.29, 0.717) is 12.1 Å². The van der Waals surface area contributed by atoms with Gasteiger partial charge in [0.2, 0.25) is 0 Å². The van der Waals surface area contributed by atoms with E-state index in [9.17, 15) is 13.2 Å². The summed E-state index contributed by atoms with van der Waals surface area (Å²) < 4.78 is 28.0. The summed E-state index contributed by atoms with van der Waals surface area (Å²) in [4.78, 5) is 10.8. The van der Waals surface area contributed by atoms with E-state index in [-0.39, 0.29) is 16.7 Å². The molecule has 25 heavy (non-hydrogen) atoms. The Kier molecular flexibility index (Phi) is 5.52. The molecule has 2 aromatic carbocycles. The van der Waals surface area contributed by atoms with Gasteiger partial charge in [-0.3, -0.25) is 9.52 Å². The average Bonchev–Trinajstić information content (AvgIpc) is 2.52. The third-order valence-corrected chi connectivity index (χ3v) is 5.22. The molecule has 0 saturated carbocycles. The highest BCUT2D eigenvalue weighted by Gasteiger charge is 2.21. The Morgan fingerprint density at radius 3 is 2.20 bits per heavy atom. The van der Waals surface area contributed by atoms with Crippen LogP contribution in [0.5, 0.6) is 0 Å². The number of aryl methyl sites for hydroxylation is 1. The molecule has 0 fully saturated rings. The molecule has 0 aliphatic carbocycles. The van der Waals surface area contributed by atoms with Crippen molar-refractivity contribution in [2.75, 3.05) is 4.72 Å². The van der Waals surface area contributed by atoms with Crippen LogP contribution in [0.3, 0.4) is 0 Å². The normalized spacial score (nSPS) is 12.0. The molecule has 0 heterocycles. The van der Waals surface area contributed by atoms with Crippen molar-refractivity contribution in [2.45, 2.75) is 43.9 Å². The molecular formula is C19H23NO4S. The van der Waals surface area contributed by atoms with E-state index in [4.69, 9.17) is 5.11 Å². The molecule has 0 unspecified atom stereocenters. The third kappa shape index (κ3) is 5.06. The Morgan fingerprint density at radius 2 is 1.64 bits per heavy atom. The van der Waals surface area contributed by atoms with Crippen molar-refractivity contribution in [3.63, 3.8) is 0 Å². The van der Waals surface area contributed by atoms with Gasteiger partial charge in [0, 0.05) is 6.42 Å². The minimum absolute atomic E-state index is 0.0172. The summed E-state index contributed by atoms with van der Waals surface area (Å²) in [7, 11) is -3.71. The van der Waals surface area contributed by atoms with Crippen LogP contribution in [0, 0.1) is 0 Å². The zero-order valence-corrected chi connectivity index (χ0v) is 15.4. The van der Waals surface area contributed by atoms with Gasteiger partial charge >= 0.3 is 5.97 Å². The molecule has 0 saturated heterocycles. The van der Waals surface area contributed by atoms with Crippen molar-refractivity contribution in [3.8, 4) is 0 Å². The van der Waals surface area contributed by atoms with Crippen LogP contribution in [0.2, 0.25) is 0 Å². The van der Waals surface area contributed by atoms with Crippen LogP contribution in [-0.2, 0) is 26.7 Å². The number of carboxylic acid groups (broad SMARTS) is 1. The fourth-order valence-electron chi connectivity index (χ4n) is 2.52. The monoisotopic (exact) mass is 361 g/mol. The fourth-order valence-corrected chi connectivity index (χ4v) is 3.60. The summed E-state index contributed by atoms with van der Waals surface area (Å²) >= 11 is 0. The molecule has 0 aromatic heterocycles. The molecule has 134 valence electrons. The van der Waals surface area contributed by atoms with E-state index in [1.807, 2.05) is 32.9 Å². The van der Waals surface area contributed by atoms with E-state index in [0.717, 1.165) is 11.1 Å². The van der Waals surface area contributed by atoms with E-state index in [2.05, 4.69) is 4.72 Å². The largest absolute Gasteiger partial charge is 0.481 e. The topological polar surface area (TPSA) is 83.5 Å². The molecule has 2 aromatic rings. The van der Waals surface area contributed by atoms with Gasteiger partial charge in [-0.2, -0.15) is 0 Å². The number of nitrogens with one attached hydrogen (secondary N) is 1. The lowest BCUT2D eigenvalue weighted by Gasteiger charge is -2.23.